The molecular weight excluding hydrogens is 336 g/mol. The first-order valence-corrected chi connectivity index (χ1v) is 6.35. The van der Waals surface area contributed by atoms with Crippen LogP contribution in [0.4, 0.5) is 0 Å². The van der Waals surface area contributed by atoms with Gasteiger partial charge in [0.05, 0.1) is 11.5 Å². The third-order valence-corrected chi connectivity index (χ3v) is 3.78. The van der Waals surface area contributed by atoms with Crippen LogP contribution in [-0.4, -0.2) is 5.71 Å². The van der Waals surface area contributed by atoms with Gasteiger partial charge in [-0.05, 0) is 29.5 Å². The topological polar surface area (TPSA) is 79.6 Å². The van der Waals surface area contributed by atoms with Crippen LogP contribution in [0.1, 0.15) is 16.7 Å². The summed E-state index contributed by atoms with van der Waals surface area (Å²) in [7, 11) is 0. The van der Waals surface area contributed by atoms with Gasteiger partial charge in [0.25, 0.3) is 0 Å². The minimum atomic E-state index is -0.814. The Hall–Kier alpha value is -1.52. The Balaban J connectivity index is 0.00000147. The largest absolute Gasteiger partial charge is 2.00 e. The van der Waals surface area contributed by atoms with E-state index in [1.807, 2.05) is 54.6 Å². The monoisotopic (exact) mass is 353 g/mol. The van der Waals surface area contributed by atoms with Gasteiger partial charge in [-0.1, -0.05) is 54.6 Å². The second-order valence-corrected chi connectivity index (χ2v) is 5.04. The number of fused-ring (bicyclic) bond motifs is 1. The van der Waals surface area contributed by atoms with Gasteiger partial charge < -0.3 is 11.6 Å². The van der Waals surface area contributed by atoms with Gasteiger partial charge in [-0.2, -0.15) is 20.9 Å². The van der Waals surface area contributed by atoms with Crippen LogP contribution in [0.15, 0.2) is 54.6 Å². The first-order chi connectivity index (χ1) is 9.25. The van der Waals surface area contributed by atoms with Crippen molar-refractivity contribution in [2.24, 2.45) is 5.41 Å². The molecule has 0 fully saturated rings. The van der Waals surface area contributed by atoms with Crippen molar-refractivity contribution in [3.63, 3.8) is 0 Å². The summed E-state index contributed by atoms with van der Waals surface area (Å²) in [6, 6.07) is 19.9. The van der Waals surface area contributed by atoms with Crippen molar-refractivity contribution in [3.8, 4) is 6.07 Å². The Morgan fingerprint density at radius 1 is 1.05 bits per heavy atom. The van der Waals surface area contributed by atoms with Crippen LogP contribution < -0.4 is 0 Å². The number of nitriles is 1. The molecule has 5 heteroatoms. The number of nitrogens with two attached hydrogens (primary N) is 1. The molecule has 2 aromatic carbocycles. The van der Waals surface area contributed by atoms with Crippen molar-refractivity contribution < 1.29 is 16.5 Å². The minimum absolute atomic E-state index is 0. The predicted molar refractivity (Wildman–Crippen MR) is 92.2 cm³/mol. The molecule has 1 aliphatic carbocycles. The Labute approximate surface area is 144 Å². The molecule has 1 aliphatic rings. The van der Waals surface area contributed by atoms with Crippen molar-refractivity contribution in [2.45, 2.75) is 12.8 Å². The molecule has 0 saturated carbocycles. The summed E-state index contributed by atoms with van der Waals surface area (Å²) in [5.41, 5.74) is 2.35. The molecular formula is C17H18N3NiP. The minimum Gasteiger partial charge on any atom is -0.806 e. The Bertz CT molecular complexity index is 682. The predicted octanol–water partition coefficient (Wildman–Crippen LogP) is 4.13. The number of hydrogen-bond acceptors (Lipinski definition) is 1. The van der Waals surface area contributed by atoms with Crippen LogP contribution in [-0.2, 0) is 29.3 Å². The molecule has 0 bridgehead atoms. The molecule has 0 saturated heterocycles. The molecule has 0 amide bonds. The molecule has 0 spiro atoms. The van der Waals surface area contributed by atoms with Gasteiger partial charge >= 0.3 is 16.5 Å². The Kier molecular flexibility index (Phi) is 7.64. The van der Waals surface area contributed by atoms with Crippen molar-refractivity contribution in [1.82, 2.24) is 0 Å². The molecule has 0 aromatic heterocycles. The molecule has 3 nitrogen and oxygen atoms in total. The van der Waals surface area contributed by atoms with Gasteiger partial charge in [0.1, 0.15) is 0 Å². The van der Waals surface area contributed by atoms with E-state index in [9.17, 15) is 10.7 Å². The average molecular weight is 354 g/mol. The fraction of sp³-hybridized carbons (Fsp3) is 0.176. The van der Waals surface area contributed by atoms with Gasteiger partial charge in [-0.25, -0.2) is 0 Å². The summed E-state index contributed by atoms with van der Waals surface area (Å²) in [6.07, 6.45) is 1.13. The summed E-state index contributed by atoms with van der Waals surface area (Å²) in [4.78, 5) is 0. The number of hydrogen-bond donors (Lipinski definition) is 0. The van der Waals surface area contributed by atoms with Crippen LogP contribution in [0.3, 0.4) is 0 Å². The number of rotatable bonds is 2. The number of benzene rings is 2. The molecule has 0 radical (unpaired) electrons. The normalized spacial score (nSPS) is 18.0. The molecule has 0 heterocycles. The van der Waals surface area contributed by atoms with E-state index in [-0.39, 0.29) is 38.3 Å². The zero-order valence-electron chi connectivity index (χ0n) is 12.1. The van der Waals surface area contributed by atoms with E-state index < -0.39 is 5.41 Å². The van der Waals surface area contributed by atoms with E-state index in [0.717, 1.165) is 16.7 Å². The van der Waals surface area contributed by atoms with Crippen molar-refractivity contribution in [2.75, 3.05) is 0 Å². The van der Waals surface area contributed by atoms with E-state index in [2.05, 4.69) is 6.07 Å². The molecule has 116 valence electrons. The fourth-order valence-corrected chi connectivity index (χ4v) is 2.79. The summed E-state index contributed by atoms with van der Waals surface area (Å²) >= 11 is 0. The van der Waals surface area contributed by atoms with Crippen LogP contribution in [0.2, 0.25) is 0 Å². The van der Waals surface area contributed by atoms with E-state index >= 15 is 0 Å². The van der Waals surface area contributed by atoms with Gasteiger partial charge in [-0.15, -0.1) is 0 Å². The standard InChI is InChI=1S/C17H13N2.H2N.Ni.H3P/c18-12-17(10-13-6-2-1-3-7-13)11-14-8-4-5-9-15(14)16(17)19;;;/h1-9H,10-11H2;1H2;;1H3/q2*-1;+2;/t17-;;;/m0.../s1. The third kappa shape index (κ3) is 3.45. The van der Waals surface area contributed by atoms with Gasteiger partial charge in [0.2, 0.25) is 0 Å². The Morgan fingerprint density at radius 3 is 2.23 bits per heavy atom. The zero-order chi connectivity index (χ0) is 13.3. The molecule has 22 heavy (non-hydrogen) atoms. The quantitative estimate of drug-likeness (QED) is 0.590. The fourth-order valence-electron chi connectivity index (χ4n) is 2.79. The summed E-state index contributed by atoms with van der Waals surface area (Å²) < 4.78 is 0. The van der Waals surface area contributed by atoms with Crippen molar-refractivity contribution >= 4 is 15.6 Å². The van der Waals surface area contributed by atoms with Crippen LogP contribution in [0, 0.1) is 16.7 Å². The second-order valence-electron chi connectivity index (χ2n) is 5.04. The van der Waals surface area contributed by atoms with Crippen LogP contribution >= 0.6 is 9.90 Å². The molecule has 2 aromatic rings. The molecule has 2 atom stereocenters. The maximum atomic E-state index is 10.4. The smallest absolute Gasteiger partial charge is 0.806 e. The molecule has 0 aliphatic heterocycles. The van der Waals surface area contributed by atoms with E-state index in [0.29, 0.717) is 12.8 Å². The van der Waals surface area contributed by atoms with Crippen molar-refractivity contribution in [3.05, 3.63) is 82.8 Å². The van der Waals surface area contributed by atoms with Gasteiger partial charge in [0, 0.05) is 0 Å². The first-order valence-electron chi connectivity index (χ1n) is 6.35. The van der Waals surface area contributed by atoms with E-state index in [4.69, 9.17) is 0 Å². The summed E-state index contributed by atoms with van der Waals surface area (Å²) in [5, 5.41) is 20.0. The summed E-state index contributed by atoms with van der Waals surface area (Å²) in [5.74, 6) is 0. The van der Waals surface area contributed by atoms with Crippen LogP contribution in [0.25, 0.3) is 11.6 Å². The van der Waals surface area contributed by atoms with E-state index in [1.165, 1.54) is 0 Å². The van der Waals surface area contributed by atoms with E-state index in [1.54, 1.807) is 0 Å². The molecule has 3 rings (SSSR count). The average Bonchev–Trinajstić information content (AvgIpc) is 2.74. The zero-order valence-corrected chi connectivity index (χ0v) is 14.5. The second kappa shape index (κ2) is 8.20. The maximum Gasteiger partial charge on any atom is 2.00 e. The summed E-state index contributed by atoms with van der Waals surface area (Å²) in [6.45, 7) is 0. The van der Waals surface area contributed by atoms with Gasteiger partial charge in [-0.3, -0.25) is 0 Å². The first kappa shape index (κ1) is 20.5. The number of nitrogens with zero attached hydrogens (tertiary/aromatic N) is 2. The molecule has 1 unspecified atom stereocenters. The Morgan fingerprint density at radius 2 is 1.64 bits per heavy atom. The maximum absolute atomic E-state index is 10.4. The van der Waals surface area contributed by atoms with Crippen LogP contribution in [0.5, 0.6) is 0 Å². The third-order valence-electron chi connectivity index (χ3n) is 3.78. The molecule has 2 N–H and O–H groups in total. The van der Waals surface area contributed by atoms with Crippen molar-refractivity contribution in [1.29, 1.82) is 5.26 Å². The van der Waals surface area contributed by atoms with Gasteiger partial charge in [0.15, 0.2) is 0 Å². The SMILES string of the molecule is N#C[C@]1(Cc2ccccc2)Cc2ccccc2C1=[N-].P.[NH2-].[Ni+2].